The summed E-state index contributed by atoms with van der Waals surface area (Å²) in [5.74, 6) is 0.276. The topological polar surface area (TPSA) is 51.2 Å². The molecule has 2 aromatic heterocycles. The molecule has 1 atom stereocenters. The van der Waals surface area contributed by atoms with Gasteiger partial charge in [-0.1, -0.05) is 38.1 Å². The number of hydrogen-bond acceptors (Lipinski definition) is 6. The van der Waals surface area contributed by atoms with Gasteiger partial charge >= 0.3 is 5.97 Å². The average Bonchev–Trinajstić information content (AvgIpc) is 3.26. The first-order chi connectivity index (χ1) is 13.4. The standard InChI is InChI=1S/C22H26N2O2S2/c1-6-13(3)16-8-10-17(11-9-16)18-12-27-22(23-18)24-20-19(21(25)26-7-2)14(4)15(5)28-20/h8-13H,6-7H2,1-5H3,(H,23,24). The lowest BCUT2D eigenvalue weighted by Gasteiger charge is -2.09. The van der Waals surface area contributed by atoms with Gasteiger partial charge in [0.05, 0.1) is 17.9 Å². The lowest BCUT2D eigenvalue weighted by Crippen LogP contribution is -2.07. The lowest BCUT2D eigenvalue weighted by atomic mass is 9.97. The molecule has 0 spiro atoms. The molecule has 1 aromatic carbocycles. The van der Waals surface area contributed by atoms with E-state index >= 15 is 0 Å². The summed E-state index contributed by atoms with van der Waals surface area (Å²) in [7, 11) is 0. The molecule has 0 saturated heterocycles. The summed E-state index contributed by atoms with van der Waals surface area (Å²) in [5.41, 5.74) is 4.96. The Hall–Kier alpha value is -2.18. The molecular formula is C22H26N2O2S2. The normalized spacial score (nSPS) is 12.0. The predicted octanol–water partition coefficient (Wildman–Crippen LogP) is 6.92. The van der Waals surface area contributed by atoms with Crippen LogP contribution in [-0.4, -0.2) is 17.6 Å². The monoisotopic (exact) mass is 414 g/mol. The maximum absolute atomic E-state index is 12.4. The number of benzene rings is 1. The molecule has 3 rings (SSSR count). The van der Waals surface area contributed by atoms with Crippen molar-refractivity contribution >= 4 is 38.8 Å². The van der Waals surface area contributed by atoms with Crippen molar-refractivity contribution in [2.24, 2.45) is 0 Å². The van der Waals surface area contributed by atoms with Gasteiger partial charge in [-0.05, 0) is 44.2 Å². The Morgan fingerprint density at radius 2 is 1.93 bits per heavy atom. The van der Waals surface area contributed by atoms with E-state index < -0.39 is 0 Å². The molecule has 0 aliphatic rings. The van der Waals surface area contributed by atoms with Gasteiger partial charge < -0.3 is 10.1 Å². The summed E-state index contributed by atoms with van der Waals surface area (Å²) in [6.07, 6.45) is 1.13. The van der Waals surface area contributed by atoms with E-state index in [1.54, 1.807) is 11.3 Å². The zero-order chi connectivity index (χ0) is 20.3. The number of aromatic nitrogens is 1. The van der Waals surface area contributed by atoms with Crippen molar-refractivity contribution in [3.8, 4) is 11.3 Å². The van der Waals surface area contributed by atoms with Crippen LogP contribution >= 0.6 is 22.7 Å². The van der Waals surface area contributed by atoms with Crippen molar-refractivity contribution < 1.29 is 9.53 Å². The summed E-state index contributed by atoms with van der Waals surface area (Å²) in [6, 6.07) is 8.62. The largest absolute Gasteiger partial charge is 0.462 e. The number of nitrogens with one attached hydrogen (secondary N) is 1. The first-order valence-electron chi connectivity index (χ1n) is 9.54. The van der Waals surface area contributed by atoms with E-state index in [1.165, 1.54) is 16.9 Å². The Balaban J connectivity index is 1.82. The number of esters is 1. The van der Waals surface area contributed by atoms with E-state index in [0.717, 1.165) is 38.3 Å². The number of hydrogen-bond donors (Lipinski definition) is 1. The Bertz CT molecular complexity index is 958. The highest BCUT2D eigenvalue weighted by Crippen LogP contribution is 2.36. The highest BCUT2D eigenvalue weighted by atomic mass is 32.1. The van der Waals surface area contributed by atoms with Gasteiger partial charge in [-0.25, -0.2) is 9.78 Å². The van der Waals surface area contributed by atoms with Gasteiger partial charge in [0, 0.05) is 15.8 Å². The summed E-state index contributed by atoms with van der Waals surface area (Å²) >= 11 is 3.09. The number of rotatable bonds is 7. The number of carbonyl (C=O) groups excluding carboxylic acids is 1. The second kappa shape index (κ2) is 8.88. The number of anilines is 2. The number of thiophene rings is 1. The van der Waals surface area contributed by atoms with Crippen LogP contribution in [0.15, 0.2) is 29.6 Å². The quantitative estimate of drug-likeness (QED) is 0.426. The number of nitrogens with zero attached hydrogens (tertiary/aromatic N) is 1. The second-order valence-electron chi connectivity index (χ2n) is 6.80. The fraction of sp³-hybridized carbons (Fsp3) is 0.364. The number of aryl methyl sites for hydroxylation is 1. The first-order valence-corrected chi connectivity index (χ1v) is 11.2. The predicted molar refractivity (Wildman–Crippen MR) is 119 cm³/mol. The van der Waals surface area contributed by atoms with Crippen LogP contribution in [0.1, 0.15) is 59.5 Å². The Labute approximate surface area is 174 Å². The van der Waals surface area contributed by atoms with Gasteiger partial charge in [-0.3, -0.25) is 0 Å². The van der Waals surface area contributed by atoms with Crippen LogP contribution < -0.4 is 5.32 Å². The number of thiazole rings is 1. The second-order valence-corrected chi connectivity index (χ2v) is 8.88. The Kier molecular flexibility index (Phi) is 6.52. The SMILES string of the molecule is CCOC(=O)c1c(Nc2nc(-c3ccc(C(C)CC)cc3)cs2)sc(C)c1C. The minimum Gasteiger partial charge on any atom is -0.462 e. The van der Waals surface area contributed by atoms with Crippen molar-refractivity contribution in [1.29, 1.82) is 0 Å². The van der Waals surface area contributed by atoms with Crippen molar-refractivity contribution in [2.45, 2.75) is 47.0 Å². The number of ether oxygens (including phenoxy) is 1. The molecule has 2 heterocycles. The van der Waals surface area contributed by atoms with E-state index in [1.807, 2.05) is 26.2 Å². The van der Waals surface area contributed by atoms with Crippen LogP contribution in [-0.2, 0) is 4.74 Å². The molecule has 28 heavy (non-hydrogen) atoms. The molecule has 148 valence electrons. The van der Waals surface area contributed by atoms with E-state index in [4.69, 9.17) is 9.72 Å². The summed E-state index contributed by atoms with van der Waals surface area (Å²) in [6.45, 7) is 10.6. The van der Waals surface area contributed by atoms with E-state index in [0.29, 0.717) is 18.1 Å². The summed E-state index contributed by atoms with van der Waals surface area (Å²) < 4.78 is 5.23. The van der Waals surface area contributed by atoms with E-state index in [2.05, 4.69) is 43.4 Å². The minimum absolute atomic E-state index is 0.288. The summed E-state index contributed by atoms with van der Waals surface area (Å²) in [5, 5.41) is 6.93. The molecule has 0 aliphatic carbocycles. The minimum atomic E-state index is -0.288. The van der Waals surface area contributed by atoms with Crippen LogP contribution in [0.5, 0.6) is 0 Å². The van der Waals surface area contributed by atoms with Crippen LogP contribution in [0, 0.1) is 13.8 Å². The Morgan fingerprint density at radius 3 is 2.57 bits per heavy atom. The summed E-state index contributed by atoms with van der Waals surface area (Å²) in [4.78, 5) is 18.2. The van der Waals surface area contributed by atoms with Gasteiger partial charge in [0.1, 0.15) is 5.00 Å². The molecule has 3 aromatic rings. The maximum atomic E-state index is 12.4. The fourth-order valence-electron chi connectivity index (χ4n) is 2.94. The van der Waals surface area contributed by atoms with Gasteiger partial charge in [0.2, 0.25) is 0 Å². The highest BCUT2D eigenvalue weighted by molar-refractivity contribution is 7.18. The molecule has 6 heteroatoms. The average molecular weight is 415 g/mol. The van der Waals surface area contributed by atoms with Gasteiger partial charge in [0.25, 0.3) is 0 Å². The van der Waals surface area contributed by atoms with Crippen LogP contribution in [0.3, 0.4) is 0 Å². The Morgan fingerprint density at radius 1 is 1.21 bits per heavy atom. The smallest absolute Gasteiger partial charge is 0.341 e. The molecular weight excluding hydrogens is 388 g/mol. The third-order valence-corrected chi connectivity index (χ3v) is 6.86. The molecule has 0 fully saturated rings. The van der Waals surface area contributed by atoms with Crippen molar-refractivity contribution in [3.05, 3.63) is 51.2 Å². The van der Waals surface area contributed by atoms with Crippen molar-refractivity contribution in [3.63, 3.8) is 0 Å². The fourth-order valence-corrected chi connectivity index (χ4v) is 4.78. The first kappa shape index (κ1) is 20.6. The van der Waals surface area contributed by atoms with Crippen molar-refractivity contribution in [1.82, 2.24) is 4.98 Å². The molecule has 0 aliphatic heterocycles. The van der Waals surface area contributed by atoms with Crippen LogP contribution in [0.2, 0.25) is 0 Å². The van der Waals surface area contributed by atoms with Gasteiger partial charge in [0.15, 0.2) is 5.13 Å². The van der Waals surface area contributed by atoms with Crippen molar-refractivity contribution in [2.75, 3.05) is 11.9 Å². The van der Waals surface area contributed by atoms with Crippen LogP contribution in [0.4, 0.5) is 10.1 Å². The van der Waals surface area contributed by atoms with E-state index in [-0.39, 0.29) is 5.97 Å². The number of carbonyl (C=O) groups is 1. The third-order valence-electron chi connectivity index (χ3n) is 4.98. The van der Waals surface area contributed by atoms with Crippen LogP contribution in [0.25, 0.3) is 11.3 Å². The zero-order valence-corrected chi connectivity index (χ0v) is 18.6. The molecule has 0 saturated carbocycles. The maximum Gasteiger partial charge on any atom is 0.341 e. The lowest BCUT2D eigenvalue weighted by molar-refractivity contribution is 0.0527. The van der Waals surface area contributed by atoms with Gasteiger partial charge in [-0.15, -0.1) is 22.7 Å². The molecule has 0 amide bonds. The molecule has 1 unspecified atom stereocenters. The van der Waals surface area contributed by atoms with E-state index in [9.17, 15) is 4.79 Å². The molecule has 0 bridgehead atoms. The highest BCUT2D eigenvalue weighted by Gasteiger charge is 2.21. The molecule has 4 nitrogen and oxygen atoms in total. The molecule has 1 N–H and O–H groups in total. The molecule has 0 radical (unpaired) electrons. The third kappa shape index (κ3) is 4.28. The van der Waals surface area contributed by atoms with Gasteiger partial charge in [-0.2, -0.15) is 0 Å². The zero-order valence-electron chi connectivity index (χ0n) is 17.0.